The Morgan fingerprint density at radius 3 is 2.64 bits per heavy atom. The van der Waals surface area contributed by atoms with Crippen molar-refractivity contribution in [3.05, 3.63) is 53.9 Å². The highest BCUT2D eigenvalue weighted by atomic mass is 19.4. The molecule has 4 nitrogen and oxygen atoms in total. The minimum atomic E-state index is -4.47. The van der Waals surface area contributed by atoms with E-state index in [9.17, 15) is 18.3 Å². The van der Waals surface area contributed by atoms with Crippen LogP contribution >= 0.6 is 0 Å². The molecule has 22 heavy (non-hydrogen) atoms. The Bertz CT molecular complexity index is 584. The molecular weight excluding hydrogens is 295 g/mol. The summed E-state index contributed by atoms with van der Waals surface area (Å²) >= 11 is 0. The first-order valence-electron chi connectivity index (χ1n) is 6.93. The molecule has 2 atom stereocenters. The number of hydrogen-bond donors (Lipinski definition) is 2. The third kappa shape index (κ3) is 4.32. The molecule has 0 aliphatic rings. The molecule has 0 aliphatic heterocycles. The van der Waals surface area contributed by atoms with Crippen LogP contribution in [0.1, 0.15) is 24.2 Å². The SMILES string of the molecule is C[C@H](Cn1cccn1)NC[C@@H](O)c1ccccc1C(F)(F)F. The Morgan fingerprint density at radius 1 is 1.27 bits per heavy atom. The molecule has 0 saturated carbocycles. The third-order valence-corrected chi connectivity index (χ3v) is 3.30. The first kappa shape index (κ1) is 16.5. The van der Waals surface area contributed by atoms with Crippen molar-refractivity contribution in [3.63, 3.8) is 0 Å². The van der Waals surface area contributed by atoms with Gasteiger partial charge in [-0.2, -0.15) is 18.3 Å². The van der Waals surface area contributed by atoms with E-state index in [-0.39, 0.29) is 18.2 Å². The fraction of sp³-hybridized carbons (Fsp3) is 0.400. The summed E-state index contributed by atoms with van der Waals surface area (Å²) in [6.45, 7) is 2.49. The maximum absolute atomic E-state index is 12.9. The van der Waals surface area contributed by atoms with Crippen LogP contribution in [0.25, 0.3) is 0 Å². The van der Waals surface area contributed by atoms with Crippen molar-refractivity contribution in [2.45, 2.75) is 31.8 Å². The lowest BCUT2D eigenvalue weighted by molar-refractivity contribution is -0.139. The largest absolute Gasteiger partial charge is 0.416 e. The highest BCUT2D eigenvalue weighted by molar-refractivity contribution is 5.31. The molecule has 0 saturated heterocycles. The second-order valence-corrected chi connectivity index (χ2v) is 5.14. The van der Waals surface area contributed by atoms with Gasteiger partial charge in [-0.05, 0) is 24.6 Å². The molecule has 0 spiro atoms. The van der Waals surface area contributed by atoms with Gasteiger partial charge < -0.3 is 10.4 Å². The second-order valence-electron chi connectivity index (χ2n) is 5.14. The highest BCUT2D eigenvalue weighted by Crippen LogP contribution is 2.34. The number of hydrogen-bond acceptors (Lipinski definition) is 3. The lowest BCUT2D eigenvalue weighted by Gasteiger charge is -2.20. The van der Waals surface area contributed by atoms with Gasteiger partial charge in [0.05, 0.1) is 18.2 Å². The molecule has 2 N–H and O–H groups in total. The first-order chi connectivity index (χ1) is 10.4. The van der Waals surface area contributed by atoms with E-state index >= 15 is 0 Å². The van der Waals surface area contributed by atoms with E-state index < -0.39 is 17.8 Å². The summed E-state index contributed by atoms with van der Waals surface area (Å²) in [5, 5.41) is 17.1. The van der Waals surface area contributed by atoms with Crippen molar-refractivity contribution in [2.24, 2.45) is 0 Å². The van der Waals surface area contributed by atoms with E-state index in [0.29, 0.717) is 6.54 Å². The molecule has 7 heteroatoms. The molecule has 0 amide bonds. The number of halogens is 3. The molecular formula is C15H18F3N3O. The summed E-state index contributed by atoms with van der Waals surface area (Å²) in [4.78, 5) is 0. The van der Waals surface area contributed by atoms with Crippen molar-refractivity contribution < 1.29 is 18.3 Å². The van der Waals surface area contributed by atoms with E-state index in [4.69, 9.17) is 0 Å². The molecule has 2 aromatic rings. The summed E-state index contributed by atoms with van der Waals surface area (Å²) < 4.78 is 40.5. The van der Waals surface area contributed by atoms with Crippen LogP contribution in [-0.2, 0) is 12.7 Å². The van der Waals surface area contributed by atoms with E-state index in [1.807, 2.05) is 6.92 Å². The standard InChI is InChI=1S/C15H18F3N3O/c1-11(10-21-8-4-7-20-21)19-9-14(22)12-5-2-3-6-13(12)15(16,17)18/h2-8,11,14,19,22H,9-10H2,1H3/t11-,14-/m1/s1. The van der Waals surface area contributed by atoms with Gasteiger partial charge in [0.2, 0.25) is 0 Å². The van der Waals surface area contributed by atoms with E-state index in [1.165, 1.54) is 18.2 Å². The number of rotatable bonds is 6. The van der Waals surface area contributed by atoms with Gasteiger partial charge in [-0.25, -0.2) is 0 Å². The van der Waals surface area contributed by atoms with Crippen LogP contribution in [0.4, 0.5) is 13.2 Å². The normalized spacial score (nSPS) is 14.8. The monoisotopic (exact) mass is 313 g/mol. The number of aliphatic hydroxyl groups excluding tert-OH is 1. The number of nitrogens with one attached hydrogen (secondary N) is 1. The molecule has 120 valence electrons. The molecule has 0 bridgehead atoms. The maximum atomic E-state index is 12.9. The number of benzene rings is 1. The summed E-state index contributed by atoms with van der Waals surface area (Å²) in [6, 6.07) is 6.83. The fourth-order valence-electron chi connectivity index (χ4n) is 2.22. The molecule has 0 radical (unpaired) electrons. The Labute approximate surface area is 126 Å². The van der Waals surface area contributed by atoms with Crippen LogP contribution in [0.5, 0.6) is 0 Å². The minimum Gasteiger partial charge on any atom is -0.387 e. The zero-order chi connectivity index (χ0) is 16.2. The smallest absolute Gasteiger partial charge is 0.387 e. The van der Waals surface area contributed by atoms with E-state index in [2.05, 4.69) is 10.4 Å². The Balaban J connectivity index is 1.96. The fourth-order valence-corrected chi connectivity index (χ4v) is 2.22. The third-order valence-electron chi connectivity index (χ3n) is 3.30. The number of aromatic nitrogens is 2. The zero-order valence-electron chi connectivity index (χ0n) is 12.1. The van der Waals surface area contributed by atoms with Crippen LogP contribution < -0.4 is 5.32 Å². The van der Waals surface area contributed by atoms with Gasteiger partial charge in [-0.15, -0.1) is 0 Å². The van der Waals surface area contributed by atoms with Crippen molar-refractivity contribution in [3.8, 4) is 0 Å². The minimum absolute atomic E-state index is 0.0346. The molecule has 0 unspecified atom stereocenters. The molecule has 1 aromatic carbocycles. The van der Waals surface area contributed by atoms with E-state index in [1.54, 1.807) is 23.1 Å². The predicted molar refractivity (Wildman–Crippen MR) is 76.1 cm³/mol. The van der Waals surface area contributed by atoms with Crippen LogP contribution in [0.2, 0.25) is 0 Å². The van der Waals surface area contributed by atoms with Gasteiger partial charge in [-0.1, -0.05) is 18.2 Å². The van der Waals surface area contributed by atoms with Gasteiger partial charge in [-0.3, -0.25) is 4.68 Å². The van der Waals surface area contributed by atoms with Crippen molar-refractivity contribution in [1.29, 1.82) is 0 Å². The van der Waals surface area contributed by atoms with Gasteiger partial charge in [0.25, 0.3) is 0 Å². The highest BCUT2D eigenvalue weighted by Gasteiger charge is 2.34. The van der Waals surface area contributed by atoms with Gasteiger partial charge >= 0.3 is 6.18 Å². The molecule has 0 fully saturated rings. The predicted octanol–water partition coefficient (Wildman–Crippen LogP) is 2.61. The Kier molecular flexibility index (Phi) is 5.20. The van der Waals surface area contributed by atoms with E-state index in [0.717, 1.165) is 6.07 Å². The van der Waals surface area contributed by atoms with Crippen LogP contribution in [0, 0.1) is 0 Å². The van der Waals surface area contributed by atoms with Crippen LogP contribution in [-0.4, -0.2) is 27.5 Å². The van der Waals surface area contributed by atoms with Gasteiger partial charge in [0.15, 0.2) is 0 Å². The summed E-state index contributed by atoms with van der Waals surface area (Å²) in [5.74, 6) is 0. The van der Waals surface area contributed by atoms with Crippen LogP contribution in [0.15, 0.2) is 42.7 Å². The van der Waals surface area contributed by atoms with Crippen LogP contribution in [0.3, 0.4) is 0 Å². The second kappa shape index (κ2) is 6.93. The Morgan fingerprint density at radius 2 is 2.00 bits per heavy atom. The molecule has 0 aliphatic carbocycles. The average molecular weight is 313 g/mol. The first-order valence-corrected chi connectivity index (χ1v) is 6.93. The van der Waals surface area contributed by atoms with Crippen molar-refractivity contribution in [2.75, 3.05) is 6.54 Å². The van der Waals surface area contributed by atoms with Gasteiger partial charge in [0, 0.05) is 25.0 Å². The molecule has 1 heterocycles. The van der Waals surface area contributed by atoms with Crippen molar-refractivity contribution in [1.82, 2.24) is 15.1 Å². The average Bonchev–Trinajstić information content (AvgIpc) is 2.96. The number of aliphatic hydroxyl groups is 1. The Hall–Kier alpha value is -1.86. The topological polar surface area (TPSA) is 50.1 Å². The quantitative estimate of drug-likeness (QED) is 0.862. The van der Waals surface area contributed by atoms with Gasteiger partial charge in [0.1, 0.15) is 0 Å². The lowest BCUT2D eigenvalue weighted by Crippen LogP contribution is -2.34. The number of nitrogens with zero attached hydrogens (tertiary/aromatic N) is 2. The zero-order valence-corrected chi connectivity index (χ0v) is 12.1. The lowest BCUT2D eigenvalue weighted by atomic mass is 10.0. The summed E-state index contributed by atoms with van der Waals surface area (Å²) in [6.07, 6.45) is -2.25. The summed E-state index contributed by atoms with van der Waals surface area (Å²) in [5.41, 5.74) is -0.919. The number of alkyl halides is 3. The maximum Gasteiger partial charge on any atom is 0.416 e. The van der Waals surface area contributed by atoms with Crippen molar-refractivity contribution >= 4 is 0 Å². The summed E-state index contributed by atoms with van der Waals surface area (Å²) in [7, 11) is 0. The molecule has 2 rings (SSSR count). The molecule has 1 aromatic heterocycles.